The van der Waals surface area contributed by atoms with Crippen LogP contribution < -0.4 is 4.87 Å². The minimum atomic E-state index is -0.830. The molecule has 7 rings (SSSR count). The molecule has 4 fully saturated rings. The van der Waals surface area contributed by atoms with Crippen LogP contribution in [0.4, 0.5) is 0 Å². The number of likely N-dealkylation sites (tertiary alicyclic amines) is 1. The van der Waals surface area contributed by atoms with Crippen LogP contribution >= 0.6 is 23.1 Å². The van der Waals surface area contributed by atoms with E-state index in [0.29, 0.717) is 26.3 Å². The highest BCUT2D eigenvalue weighted by Gasteiger charge is 2.70. The van der Waals surface area contributed by atoms with Crippen molar-refractivity contribution in [3.63, 3.8) is 0 Å². The number of hydrogen-bond donors (Lipinski definition) is 2. The number of carbonyl (C=O) groups is 3. The van der Waals surface area contributed by atoms with Crippen molar-refractivity contribution in [3.05, 3.63) is 44.4 Å². The Balaban J connectivity index is 1.24. The summed E-state index contributed by atoms with van der Waals surface area (Å²) in [6, 6.07) is 6.26. The molecule has 0 spiro atoms. The molecule has 3 amide bonds. The van der Waals surface area contributed by atoms with Crippen molar-refractivity contribution >= 4 is 40.8 Å². The Morgan fingerprint density at radius 2 is 1.76 bits per heavy atom. The molecule has 194 valence electrons. The molecule has 9 nitrogen and oxygen atoms in total. The molecule has 2 N–H and O–H groups in total. The van der Waals surface area contributed by atoms with Crippen molar-refractivity contribution in [2.24, 2.45) is 29.6 Å². The van der Waals surface area contributed by atoms with Crippen LogP contribution in [-0.4, -0.2) is 75.2 Å². The van der Waals surface area contributed by atoms with E-state index < -0.39 is 17.9 Å². The number of aromatic hydroxyl groups is 1. The number of rotatable bonds is 3. The minimum absolute atomic E-state index is 0.00769. The number of ether oxygens (including phenoxy) is 1. The van der Waals surface area contributed by atoms with Gasteiger partial charge in [-0.25, -0.2) is 0 Å². The summed E-state index contributed by atoms with van der Waals surface area (Å²) in [6.07, 6.45) is 0.794. The number of nitrogens with zero attached hydrogens (tertiary/aromatic N) is 2. The predicted octanol–water partition coefficient (Wildman–Crippen LogP) is 1.86. The van der Waals surface area contributed by atoms with E-state index in [4.69, 9.17) is 4.74 Å². The van der Waals surface area contributed by atoms with Gasteiger partial charge in [0.1, 0.15) is 11.8 Å². The number of amides is 3. The highest BCUT2D eigenvalue weighted by Crippen LogP contribution is 2.68. The Morgan fingerprint density at radius 1 is 1.08 bits per heavy atom. The topological polar surface area (TPSA) is 120 Å². The number of morpholine rings is 1. The Kier molecular flexibility index (Phi) is 5.36. The minimum Gasteiger partial charge on any atom is -0.508 e. The number of fused-ring (bicyclic) bond motifs is 9. The number of phenolic OH excluding ortho intramolecular Hbond substituents is 1. The van der Waals surface area contributed by atoms with Crippen molar-refractivity contribution in [3.8, 4) is 5.75 Å². The van der Waals surface area contributed by atoms with Crippen molar-refractivity contribution in [1.82, 2.24) is 14.8 Å². The number of phenols is 1. The number of H-pyrrole nitrogens is 1. The highest BCUT2D eigenvalue weighted by atomic mass is 32.2. The van der Waals surface area contributed by atoms with Crippen LogP contribution in [0.2, 0.25) is 0 Å². The fourth-order valence-electron chi connectivity index (χ4n) is 7.63. The van der Waals surface area contributed by atoms with Crippen LogP contribution in [0, 0.1) is 29.6 Å². The molecule has 0 radical (unpaired) electrons. The fraction of sp³-hybridized carbons (Fsp3) is 0.538. The van der Waals surface area contributed by atoms with Gasteiger partial charge in [-0.05, 0) is 48.8 Å². The van der Waals surface area contributed by atoms with Crippen molar-refractivity contribution in [1.29, 1.82) is 0 Å². The number of aromatic amines is 1. The second-order valence-electron chi connectivity index (χ2n) is 10.7. The summed E-state index contributed by atoms with van der Waals surface area (Å²) in [6.45, 7) is 3.52. The second-order valence-corrected chi connectivity index (χ2v) is 12.9. The lowest BCUT2D eigenvalue weighted by Crippen LogP contribution is -2.52. The van der Waals surface area contributed by atoms with Crippen molar-refractivity contribution in [2.45, 2.75) is 35.6 Å². The van der Waals surface area contributed by atoms with Gasteiger partial charge in [0, 0.05) is 29.1 Å². The summed E-state index contributed by atoms with van der Waals surface area (Å²) in [5.41, 5.74) is 0.998. The molecular formula is C26H27N3O6S2. The van der Waals surface area contributed by atoms with Gasteiger partial charge in [-0.1, -0.05) is 23.5 Å². The smallest absolute Gasteiger partial charge is 0.305 e. The first-order chi connectivity index (χ1) is 17.8. The Labute approximate surface area is 221 Å². The first-order valence-electron chi connectivity index (χ1n) is 12.8. The maximum atomic E-state index is 13.8. The molecule has 2 aromatic rings. The summed E-state index contributed by atoms with van der Waals surface area (Å²) in [5, 5.41) is 10.8. The number of aromatic nitrogens is 1. The van der Waals surface area contributed by atoms with Gasteiger partial charge in [-0.3, -0.25) is 24.1 Å². The maximum absolute atomic E-state index is 13.8. The average molecular weight is 542 g/mol. The maximum Gasteiger partial charge on any atom is 0.305 e. The van der Waals surface area contributed by atoms with Gasteiger partial charge in [0.05, 0.1) is 30.1 Å². The van der Waals surface area contributed by atoms with Crippen LogP contribution in [0.3, 0.4) is 0 Å². The first-order valence-corrected chi connectivity index (χ1v) is 14.5. The molecule has 8 atom stereocenters. The van der Waals surface area contributed by atoms with Crippen LogP contribution in [-0.2, 0) is 19.1 Å². The average Bonchev–Trinajstić information content (AvgIpc) is 3.63. The lowest BCUT2D eigenvalue weighted by Gasteiger charge is -2.43. The van der Waals surface area contributed by atoms with Gasteiger partial charge < -0.3 is 19.7 Å². The van der Waals surface area contributed by atoms with E-state index in [1.807, 2.05) is 12.1 Å². The molecule has 4 heterocycles. The number of imide groups is 1. The number of thiazole rings is 1. The van der Waals surface area contributed by atoms with Gasteiger partial charge in [0.25, 0.3) is 0 Å². The normalized spacial score (nSPS) is 34.9. The first kappa shape index (κ1) is 23.5. The molecule has 5 aliphatic rings. The number of nitrogens with one attached hydrogen (secondary N) is 1. The molecule has 2 bridgehead atoms. The Hall–Kier alpha value is -2.63. The van der Waals surface area contributed by atoms with Crippen molar-refractivity contribution < 1.29 is 24.2 Å². The molecular weight excluding hydrogens is 514 g/mol. The number of hydrogen-bond acceptors (Lipinski definition) is 8. The zero-order valence-electron chi connectivity index (χ0n) is 20.2. The zero-order valence-corrected chi connectivity index (χ0v) is 21.8. The Morgan fingerprint density at radius 3 is 2.46 bits per heavy atom. The molecule has 11 heteroatoms. The monoisotopic (exact) mass is 541 g/mol. The largest absolute Gasteiger partial charge is 0.508 e. The molecule has 1 aromatic carbocycles. The lowest BCUT2D eigenvalue weighted by molar-refractivity contribution is -0.153. The highest BCUT2D eigenvalue weighted by molar-refractivity contribution is 8.00. The SMILES string of the molecule is CC(C(=O)N1CCOCC1)N1C(=O)C2C3CC(C2C1=O)C1C(c2ccc(O)cc2)c2sc(=O)[nH]c2SC31. The zero-order chi connectivity index (χ0) is 25.6. The summed E-state index contributed by atoms with van der Waals surface area (Å²) in [7, 11) is 0. The van der Waals surface area contributed by atoms with Gasteiger partial charge in [0.2, 0.25) is 17.7 Å². The van der Waals surface area contributed by atoms with Crippen LogP contribution in [0.1, 0.15) is 29.7 Å². The molecule has 2 aliphatic carbocycles. The molecule has 2 saturated carbocycles. The summed E-state index contributed by atoms with van der Waals surface area (Å²) in [4.78, 5) is 59.9. The van der Waals surface area contributed by atoms with Crippen LogP contribution in [0.25, 0.3) is 0 Å². The predicted molar refractivity (Wildman–Crippen MR) is 135 cm³/mol. The molecule has 1 aromatic heterocycles. The third kappa shape index (κ3) is 3.33. The van der Waals surface area contributed by atoms with Gasteiger partial charge in [-0.2, -0.15) is 0 Å². The third-order valence-electron chi connectivity index (χ3n) is 9.08. The molecule has 3 aliphatic heterocycles. The van der Waals surface area contributed by atoms with E-state index in [-0.39, 0.29) is 57.3 Å². The summed E-state index contributed by atoms with van der Waals surface area (Å²) in [5.74, 6) is -1.34. The van der Waals surface area contributed by atoms with E-state index in [9.17, 15) is 24.3 Å². The van der Waals surface area contributed by atoms with Gasteiger partial charge in [0.15, 0.2) is 0 Å². The fourth-order valence-corrected chi connectivity index (χ4v) is 10.5. The van der Waals surface area contributed by atoms with E-state index >= 15 is 0 Å². The number of benzene rings is 1. The second kappa shape index (κ2) is 8.44. The summed E-state index contributed by atoms with van der Waals surface area (Å²) < 4.78 is 5.35. The summed E-state index contributed by atoms with van der Waals surface area (Å²) >= 11 is 2.85. The lowest BCUT2D eigenvalue weighted by atomic mass is 9.68. The van der Waals surface area contributed by atoms with E-state index in [2.05, 4.69) is 4.98 Å². The molecule has 37 heavy (non-hydrogen) atoms. The number of thioether (sulfide) groups is 1. The van der Waals surface area contributed by atoms with E-state index in [1.54, 1.807) is 35.7 Å². The van der Waals surface area contributed by atoms with E-state index in [1.165, 1.54) is 16.2 Å². The Bertz CT molecular complexity index is 1350. The van der Waals surface area contributed by atoms with Gasteiger partial charge >= 0.3 is 4.87 Å². The van der Waals surface area contributed by atoms with E-state index in [0.717, 1.165) is 21.9 Å². The van der Waals surface area contributed by atoms with Gasteiger partial charge in [-0.15, -0.1) is 11.8 Å². The van der Waals surface area contributed by atoms with Crippen molar-refractivity contribution in [2.75, 3.05) is 26.3 Å². The molecule has 2 saturated heterocycles. The van der Waals surface area contributed by atoms with Crippen LogP contribution in [0.15, 0.2) is 34.1 Å². The molecule has 8 unspecified atom stereocenters. The quantitative estimate of drug-likeness (QED) is 0.569. The number of carbonyl (C=O) groups excluding carboxylic acids is 3. The van der Waals surface area contributed by atoms with Crippen LogP contribution in [0.5, 0.6) is 5.75 Å². The standard InChI is InChI=1S/C26H27N3O6S2/c1-11(23(31)28-6-8-35-9-7-28)29-24(32)18-14-10-15(19(18)25(29)33)20-17(14)16(12-2-4-13(30)5-3-12)21-22(36-20)27-26(34)37-21/h2-5,11,14-20,30H,6-10H2,1H3,(H,27,34). The third-order valence-corrected chi connectivity index (χ3v) is 11.7.